The molecule has 1 aliphatic rings. The van der Waals surface area contributed by atoms with Crippen molar-refractivity contribution in [3.63, 3.8) is 0 Å². The molecule has 2 aromatic carbocycles. The van der Waals surface area contributed by atoms with Gasteiger partial charge in [-0.1, -0.05) is 42.1 Å². The normalized spacial score (nSPS) is 14.1. The molecule has 0 heterocycles. The molecule has 0 radical (unpaired) electrons. The summed E-state index contributed by atoms with van der Waals surface area (Å²) in [4.78, 5) is 0. The fourth-order valence-electron chi connectivity index (χ4n) is 2.81. The third-order valence-corrected chi connectivity index (χ3v) is 4.88. The predicted octanol–water partition coefficient (Wildman–Crippen LogP) is 3.77. The summed E-state index contributed by atoms with van der Waals surface area (Å²) in [5.41, 5.74) is 10.8. The SMILES string of the molecule is COc1cc2c(cc1C=NN=C(N)SCc1ccccc1)CCC2. The van der Waals surface area contributed by atoms with E-state index in [0.29, 0.717) is 5.17 Å². The van der Waals surface area contributed by atoms with Crippen LogP contribution in [-0.4, -0.2) is 18.5 Å². The zero-order valence-corrected chi connectivity index (χ0v) is 14.6. The Bertz CT molecular complexity index is 757. The summed E-state index contributed by atoms with van der Waals surface area (Å²) in [6.45, 7) is 0. The predicted molar refractivity (Wildman–Crippen MR) is 102 cm³/mol. The Labute approximate surface area is 146 Å². The lowest BCUT2D eigenvalue weighted by atomic mass is 10.1. The topological polar surface area (TPSA) is 60.0 Å². The molecule has 3 rings (SSSR count). The Morgan fingerprint density at radius 3 is 2.71 bits per heavy atom. The minimum absolute atomic E-state index is 0.454. The summed E-state index contributed by atoms with van der Waals surface area (Å²) < 4.78 is 5.46. The number of aryl methyl sites for hydroxylation is 2. The van der Waals surface area contributed by atoms with Gasteiger partial charge in [0.15, 0.2) is 5.17 Å². The standard InChI is InChI=1S/C19H21N3OS/c1-23-18-11-16-9-5-8-15(16)10-17(18)12-21-22-19(20)24-13-14-6-3-2-4-7-14/h2-4,6-7,10-12H,5,8-9,13H2,1H3,(H2,20,22). The van der Waals surface area contributed by atoms with Crippen LogP contribution in [0.1, 0.15) is 28.7 Å². The highest BCUT2D eigenvalue weighted by atomic mass is 32.2. The van der Waals surface area contributed by atoms with Crippen molar-refractivity contribution in [2.24, 2.45) is 15.9 Å². The number of fused-ring (bicyclic) bond motifs is 1. The lowest BCUT2D eigenvalue weighted by molar-refractivity contribution is 0.413. The van der Waals surface area contributed by atoms with E-state index in [1.54, 1.807) is 13.3 Å². The molecule has 0 unspecified atom stereocenters. The Hall–Kier alpha value is -2.27. The molecule has 0 bridgehead atoms. The highest BCUT2D eigenvalue weighted by molar-refractivity contribution is 8.13. The van der Waals surface area contributed by atoms with Gasteiger partial charge in [0.2, 0.25) is 0 Å². The maximum atomic E-state index is 5.91. The van der Waals surface area contributed by atoms with Gasteiger partial charge >= 0.3 is 0 Å². The average Bonchev–Trinajstić information content (AvgIpc) is 3.07. The first-order valence-corrected chi connectivity index (χ1v) is 8.98. The van der Waals surface area contributed by atoms with E-state index >= 15 is 0 Å². The van der Waals surface area contributed by atoms with Crippen LogP contribution in [-0.2, 0) is 18.6 Å². The van der Waals surface area contributed by atoms with Crippen LogP contribution in [0.3, 0.4) is 0 Å². The van der Waals surface area contributed by atoms with Crippen LogP contribution >= 0.6 is 11.8 Å². The van der Waals surface area contributed by atoms with Crippen molar-refractivity contribution < 1.29 is 4.74 Å². The van der Waals surface area contributed by atoms with Crippen LogP contribution in [0.5, 0.6) is 5.75 Å². The Morgan fingerprint density at radius 1 is 1.21 bits per heavy atom. The number of nitrogens with zero attached hydrogens (tertiary/aromatic N) is 2. The second kappa shape index (κ2) is 8.02. The van der Waals surface area contributed by atoms with Gasteiger partial charge < -0.3 is 10.5 Å². The van der Waals surface area contributed by atoms with E-state index in [9.17, 15) is 0 Å². The number of thioether (sulfide) groups is 1. The fourth-order valence-corrected chi connectivity index (χ4v) is 3.42. The minimum atomic E-state index is 0.454. The van der Waals surface area contributed by atoms with Crippen LogP contribution in [0.25, 0.3) is 0 Å². The van der Waals surface area contributed by atoms with Gasteiger partial charge in [-0.15, -0.1) is 5.10 Å². The highest BCUT2D eigenvalue weighted by Gasteiger charge is 2.14. The van der Waals surface area contributed by atoms with Gasteiger partial charge in [-0.05, 0) is 48.1 Å². The Balaban J connectivity index is 1.65. The van der Waals surface area contributed by atoms with E-state index in [1.165, 1.54) is 34.9 Å². The molecule has 0 aliphatic heterocycles. The molecule has 2 aromatic rings. The summed E-state index contributed by atoms with van der Waals surface area (Å²) in [5.74, 6) is 1.62. The zero-order chi connectivity index (χ0) is 16.8. The molecule has 0 spiro atoms. The van der Waals surface area contributed by atoms with Crippen molar-refractivity contribution in [3.05, 3.63) is 64.7 Å². The highest BCUT2D eigenvalue weighted by Crippen LogP contribution is 2.29. The molecular weight excluding hydrogens is 318 g/mol. The van der Waals surface area contributed by atoms with Gasteiger partial charge in [0.05, 0.1) is 13.3 Å². The molecule has 1 aliphatic carbocycles. The van der Waals surface area contributed by atoms with Gasteiger partial charge in [0.25, 0.3) is 0 Å². The van der Waals surface area contributed by atoms with Crippen molar-refractivity contribution in [1.29, 1.82) is 0 Å². The number of nitrogens with two attached hydrogens (primary N) is 1. The number of methoxy groups -OCH3 is 1. The van der Waals surface area contributed by atoms with E-state index in [-0.39, 0.29) is 0 Å². The summed E-state index contributed by atoms with van der Waals surface area (Å²) in [7, 11) is 1.68. The molecular formula is C19H21N3OS. The molecule has 0 amide bonds. The molecule has 0 aromatic heterocycles. The van der Waals surface area contributed by atoms with E-state index in [2.05, 4.69) is 34.5 Å². The maximum absolute atomic E-state index is 5.91. The molecule has 24 heavy (non-hydrogen) atoms. The maximum Gasteiger partial charge on any atom is 0.180 e. The third-order valence-electron chi connectivity index (χ3n) is 4.03. The van der Waals surface area contributed by atoms with Crippen molar-refractivity contribution in [2.45, 2.75) is 25.0 Å². The number of hydrogen-bond donors (Lipinski definition) is 1. The van der Waals surface area contributed by atoms with Crippen molar-refractivity contribution in [3.8, 4) is 5.75 Å². The first-order chi connectivity index (χ1) is 11.8. The lowest BCUT2D eigenvalue weighted by Crippen LogP contribution is -2.06. The average molecular weight is 339 g/mol. The summed E-state index contributed by atoms with van der Waals surface area (Å²) in [5, 5.41) is 8.65. The van der Waals surface area contributed by atoms with E-state index < -0.39 is 0 Å². The summed E-state index contributed by atoms with van der Waals surface area (Å²) >= 11 is 1.48. The molecule has 4 nitrogen and oxygen atoms in total. The largest absolute Gasteiger partial charge is 0.496 e. The molecule has 5 heteroatoms. The van der Waals surface area contributed by atoms with Gasteiger partial charge in [0, 0.05) is 11.3 Å². The smallest absolute Gasteiger partial charge is 0.180 e. The summed E-state index contributed by atoms with van der Waals surface area (Å²) in [6, 6.07) is 14.4. The molecule has 124 valence electrons. The van der Waals surface area contributed by atoms with Crippen molar-refractivity contribution in [1.82, 2.24) is 0 Å². The third kappa shape index (κ3) is 4.17. The number of benzene rings is 2. The van der Waals surface area contributed by atoms with E-state index in [1.807, 2.05) is 18.2 Å². The molecule has 2 N–H and O–H groups in total. The molecule has 0 saturated heterocycles. The van der Waals surface area contributed by atoms with Crippen LogP contribution < -0.4 is 10.5 Å². The number of ether oxygens (including phenoxy) is 1. The van der Waals surface area contributed by atoms with Gasteiger partial charge in [-0.25, -0.2) is 0 Å². The molecule has 0 fully saturated rings. The number of amidine groups is 1. The number of hydrogen-bond acceptors (Lipinski definition) is 4. The molecule has 0 saturated carbocycles. The van der Waals surface area contributed by atoms with Crippen LogP contribution in [0, 0.1) is 0 Å². The van der Waals surface area contributed by atoms with Crippen molar-refractivity contribution >= 4 is 23.1 Å². The van der Waals surface area contributed by atoms with Gasteiger partial charge in [0.1, 0.15) is 5.75 Å². The van der Waals surface area contributed by atoms with Crippen LogP contribution in [0.2, 0.25) is 0 Å². The minimum Gasteiger partial charge on any atom is -0.496 e. The first-order valence-electron chi connectivity index (χ1n) is 7.99. The Morgan fingerprint density at radius 2 is 1.96 bits per heavy atom. The monoisotopic (exact) mass is 339 g/mol. The Kier molecular flexibility index (Phi) is 5.54. The molecule has 0 atom stereocenters. The lowest BCUT2D eigenvalue weighted by Gasteiger charge is -2.07. The second-order valence-electron chi connectivity index (χ2n) is 5.67. The second-order valence-corrected chi connectivity index (χ2v) is 6.67. The number of rotatable bonds is 5. The van der Waals surface area contributed by atoms with Crippen molar-refractivity contribution in [2.75, 3.05) is 7.11 Å². The van der Waals surface area contributed by atoms with Gasteiger partial charge in [-0.2, -0.15) is 5.10 Å². The first kappa shape index (κ1) is 16.6. The van der Waals surface area contributed by atoms with Crippen LogP contribution in [0.15, 0.2) is 52.7 Å². The van der Waals surface area contributed by atoms with Gasteiger partial charge in [-0.3, -0.25) is 0 Å². The quantitative estimate of drug-likeness (QED) is 0.512. The summed E-state index contributed by atoms with van der Waals surface area (Å²) in [6.07, 6.45) is 5.18. The van der Waals surface area contributed by atoms with E-state index in [4.69, 9.17) is 10.5 Å². The fraction of sp³-hybridized carbons (Fsp3) is 0.263. The van der Waals surface area contributed by atoms with E-state index in [0.717, 1.165) is 29.9 Å². The van der Waals surface area contributed by atoms with Crippen LogP contribution in [0.4, 0.5) is 0 Å². The zero-order valence-electron chi connectivity index (χ0n) is 13.7.